The molecule has 2 heterocycles. The maximum atomic E-state index is 12.6. The molecule has 0 aliphatic rings. The molecule has 0 saturated heterocycles. The molecule has 6 heteroatoms. The van der Waals surface area contributed by atoms with E-state index in [2.05, 4.69) is 15.3 Å². The minimum atomic E-state index is -2.56. The lowest BCUT2D eigenvalue weighted by molar-refractivity contribution is 0.0665. The van der Waals surface area contributed by atoms with E-state index in [1.807, 2.05) is 19.1 Å². The van der Waals surface area contributed by atoms with Gasteiger partial charge in [-0.3, -0.25) is 9.55 Å². The van der Waals surface area contributed by atoms with E-state index in [9.17, 15) is 8.78 Å². The van der Waals surface area contributed by atoms with E-state index in [4.69, 9.17) is 0 Å². The Hall–Kier alpha value is -1.82. The highest BCUT2D eigenvalue weighted by molar-refractivity contribution is 5.14. The van der Waals surface area contributed by atoms with Crippen molar-refractivity contribution in [1.29, 1.82) is 0 Å². The van der Waals surface area contributed by atoms with Gasteiger partial charge in [0, 0.05) is 30.8 Å². The van der Waals surface area contributed by atoms with Gasteiger partial charge in [-0.15, -0.1) is 0 Å². The quantitative estimate of drug-likeness (QED) is 0.889. The number of pyridine rings is 1. The SMILES string of the molecule is C[C@H](NCc1nccn1C(F)F)c1ccncc1. The lowest BCUT2D eigenvalue weighted by Crippen LogP contribution is -2.20. The largest absolute Gasteiger partial charge is 0.319 e. The van der Waals surface area contributed by atoms with Crippen molar-refractivity contribution in [3.63, 3.8) is 0 Å². The highest BCUT2D eigenvalue weighted by atomic mass is 19.3. The first-order chi connectivity index (χ1) is 8.68. The second-order valence-electron chi connectivity index (χ2n) is 3.91. The van der Waals surface area contributed by atoms with Gasteiger partial charge in [0.15, 0.2) is 0 Å². The van der Waals surface area contributed by atoms with Crippen molar-refractivity contribution in [1.82, 2.24) is 19.9 Å². The number of nitrogens with one attached hydrogen (secondary N) is 1. The number of nitrogens with zero attached hydrogens (tertiary/aromatic N) is 3. The molecule has 4 nitrogen and oxygen atoms in total. The van der Waals surface area contributed by atoms with E-state index < -0.39 is 6.55 Å². The van der Waals surface area contributed by atoms with Crippen molar-refractivity contribution in [2.45, 2.75) is 26.1 Å². The lowest BCUT2D eigenvalue weighted by Gasteiger charge is -2.14. The molecule has 0 unspecified atom stereocenters. The number of imidazole rings is 1. The van der Waals surface area contributed by atoms with Crippen LogP contribution in [0.2, 0.25) is 0 Å². The van der Waals surface area contributed by atoms with E-state index in [0.29, 0.717) is 12.4 Å². The van der Waals surface area contributed by atoms with Crippen molar-refractivity contribution in [2.75, 3.05) is 0 Å². The molecule has 2 rings (SSSR count). The maximum absolute atomic E-state index is 12.6. The number of rotatable bonds is 5. The topological polar surface area (TPSA) is 42.7 Å². The van der Waals surface area contributed by atoms with Gasteiger partial charge in [0.2, 0.25) is 0 Å². The second kappa shape index (κ2) is 5.68. The van der Waals surface area contributed by atoms with Crippen LogP contribution in [0.1, 0.15) is 30.9 Å². The predicted octanol–water partition coefficient (Wildman–Crippen LogP) is 2.52. The Morgan fingerprint density at radius 1 is 1.28 bits per heavy atom. The third kappa shape index (κ3) is 2.89. The summed E-state index contributed by atoms with van der Waals surface area (Å²) in [6.45, 7) is -0.299. The van der Waals surface area contributed by atoms with Gasteiger partial charge in [-0.1, -0.05) is 0 Å². The Labute approximate surface area is 104 Å². The summed E-state index contributed by atoms with van der Waals surface area (Å²) in [4.78, 5) is 7.84. The molecule has 0 aliphatic heterocycles. The summed E-state index contributed by atoms with van der Waals surface area (Å²) in [5, 5.41) is 3.15. The summed E-state index contributed by atoms with van der Waals surface area (Å²) >= 11 is 0. The van der Waals surface area contributed by atoms with Crippen LogP contribution in [-0.2, 0) is 6.54 Å². The van der Waals surface area contributed by atoms with Crippen molar-refractivity contribution in [3.8, 4) is 0 Å². The summed E-state index contributed by atoms with van der Waals surface area (Å²) in [6, 6.07) is 3.82. The van der Waals surface area contributed by atoms with Gasteiger partial charge < -0.3 is 5.32 Å². The highest BCUT2D eigenvalue weighted by Gasteiger charge is 2.12. The molecule has 1 atom stereocenters. The fraction of sp³-hybridized carbons (Fsp3) is 0.333. The number of aromatic nitrogens is 3. The summed E-state index contributed by atoms with van der Waals surface area (Å²) in [6.07, 6.45) is 6.06. The molecular formula is C12H14F2N4. The van der Waals surface area contributed by atoms with Gasteiger partial charge in [-0.25, -0.2) is 4.98 Å². The van der Waals surface area contributed by atoms with E-state index >= 15 is 0 Å². The smallest absolute Gasteiger partial charge is 0.303 e. The Morgan fingerprint density at radius 3 is 2.67 bits per heavy atom. The van der Waals surface area contributed by atoms with Crippen LogP contribution in [0.5, 0.6) is 0 Å². The van der Waals surface area contributed by atoms with Crippen LogP contribution in [0.4, 0.5) is 8.78 Å². The average Bonchev–Trinajstić information content (AvgIpc) is 2.85. The first kappa shape index (κ1) is 12.6. The second-order valence-corrected chi connectivity index (χ2v) is 3.91. The van der Waals surface area contributed by atoms with Gasteiger partial charge in [0.1, 0.15) is 5.82 Å². The molecule has 1 N–H and O–H groups in total. The van der Waals surface area contributed by atoms with Crippen LogP contribution >= 0.6 is 0 Å². The zero-order valence-corrected chi connectivity index (χ0v) is 9.92. The van der Waals surface area contributed by atoms with E-state index in [1.54, 1.807) is 12.4 Å². The van der Waals surface area contributed by atoms with Gasteiger partial charge in [0.25, 0.3) is 0 Å². The molecule has 0 bridgehead atoms. The molecule has 2 aromatic rings. The third-order valence-corrected chi connectivity index (χ3v) is 2.73. The molecule has 96 valence electrons. The molecular weight excluding hydrogens is 238 g/mol. The van der Waals surface area contributed by atoms with E-state index in [0.717, 1.165) is 10.1 Å². The molecule has 0 radical (unpaired) electrons. The Balaban J connectivity index is 1.97. The summed E-state index contributed by atoms with van der Waals surface area (Å²) < 4.78 is 26.0. The minimum absolute atomic E-state index is 0.0517. The van der Waals surface area contributed by atoms with Crippen molar-refractivity contribution in [2.24, 2.45) is 0 Å². The van der Waals surface area contributed by atoms with Crippen LogP contribution in [0, 0.1) is 0 Å². The third-order valence-electron chi connectivity index (χ3n) is 2.73. The monoisotopic (exact) mass is 252 g/mol. The fourth-order valence-corrected chi connectivity index (χ4v) is 1.67. The van der Waals surface area contributed by atoms with Crippen molar-refractivity contribution < 1.29 is 8.78 Å². The highest BCUT2D eigenvalue weighted by Crippen LogP contribution is 2.14. The van der Waals surface area contributed by atoms with Crippen molar-refractivity contribution in [3.05, 3.63) is 48.3 Å². The molecule has 0 spiro atoms. The molecule has 0 fully saturated rings. The van der Waals surface area contributed by atoms with Crippen LogP contribution in [0.25, 0.3) is 0 Å². The van der Waals surface area contributed by atoms with Crippen LogP contribution in [-0.4, -0.2) is 14.5 Å². The molecule has 0 aromatic carbocycles. The van der Waals surface area contributed by atoms with Gasteiger partial charge in [0.05, 0.1) is 6.54 Å². The maximum Gasteiger partial charge on any atom is 0.319 e. The molecule has 0 aliphatic carbocycles. The standard InChI is InChI=1S/C12H14F2N4/c1-9(10-2-4-15-5-3-10)17-8-11-16-6-7-18(11)12(13)14/h2-7,9,12,17H,8H2,1H3/t9-/m0/s1. The number of alkyl halides is 2. The Morgan fingerprint density at radius 2 is 2.00 bits per heavy atom. The summed E-state index contributed by atoms with van der Waals surface area (Å²) in [7, 11) is 0. The van der Waals surface area contributed by atoms with Gasteiger partial charge in [-0.05, 0) is 24.6 Å². The van der Waals surface area contributed by atoms with Crippen LogP contribution in [0.3, 0.4) is 0 Å². The van der Waals surface area contributed by atoms with Crippen molar-refractivity contribution >= 4 is 0 Å². The molecule has 0 saturated carbocycles. The number of hydrogen-bond donors (Lipinski definition) is 1. The summed E-state index contributed by atoms with van der Waals surface area (Å²) in [5.74, 6) is 0.325. The predicted molar refractivity (Wildman–Crippen MR) is 63.0 cm³/mol. The fourth-order valence-electron chi connectivity index (χ4n) is 1.67. The first-order valence-electron chi connectivity index (χ1n) is 5.61. The molecule has 18 heavy (non-hydrogen) atoms. The normalized spacial score (nSPS) is 12.9. The Kier molecular flexibility index (Phi) is 3.99. The Bertz CT molecular complexity index is 484. The van der Waals surface area contributed by atoms with Gasteiger partial charge >= 0.3 is 6.55 Å². The zero-order chi connectivity index (χ0) is 13.0. The lowest BCUT2D eigenvalue weighted by atomic mass is 10.1. The average molecular weight is 252 g/mol. The summed E-state index contributed by atoms with van der Waals surface area (Å²) in [5.41, 5.74) is 1.06. The van der Waals surface area contributed by atoms with E-state index in [-0.39, 0.29) is 6.04 Å². The van der Waals surface area contributed by atoms with Crippen LogP contribution < -0.4 is 5.32 Å². The zero-order valence-electron chi connectivity index (χ0n) is 9.92. The first-order valence-corrected chi connectivity index (χ1v) is 5.61. The molecule has 0 amide bonds. The van der Waals surface area contributed by atoms with Crippen LogP contribution in [0.15, 0.2) is 36.9 Å². The number of halogens is 2. The van der Waals surface area contributed by atoms with E-state index in [1.165, 1.54) is 12.4 Å². The number of hydrogen-bond acceptors (Lipinski definition) is 3. The molecule has 2 aromatic heterocycles. The minimum Gasteiger partial charge on any atom is -0.303 e. The van der Waals surface area contributed by atoms with Gasteiger partial charge in [-0.2, -0.15) is 8.78 Å².